The fourth-order valence-electron chi connectivity index (χ4n) is 3.56. The van der Waals surface area contributed by atoms with Gasteiger partial charge in [0.2, 0.25) is 5.78 Å². The molecule has 0 heterocycles. The largest absolute Gasteiger partial charge is 0.507 e. The minimum absolute atomic E-state index is 0.0366. The van der Waals surface area contributed by atoms with E-state index in [4.69, 9.17) is 9.47 Å². The van der Waals surface area contributed by atoms with Gasteiger partial charge >= 0.3 is 0 Å². The molecule has 1 N–H and O–H groups in total. The topological polar surface area (TPSA) is 89.9 Å². The Hall–Kier alpha value is -3.15. The van der Waals surface area contributed by atoms with Crippen molar-refractivity contribution in [3.8, 4) is 17.2 Å². The summed E-state index contributed by atoms with van der Waals surface area (Å²) in [4.78, 5) is 38.0. The van der Waals surface area contributed by atoms with Crippen LogP contribution in [0, 0.1) is 6.92 Å². The lowest BCUT2D eigenvalue weighted by atomic mass is 9.80. The number of methoxy groups -OCH3 is 2. The number of Topliss-reactive ketones (excluding diaryl/α,β-unsaturated/α-hetero) is 1. The predicted molar refractivity (Wildman–Crippen MR) is 103 cm³/mol. The van der Waals surface area contributed by atoms with E-state index in [1.807, 2.05) is 0 Å². The van der Waals surface area contributed by atoms with Gasteiger partial charge in [0.25, 0.3) is 0 Å². The van der Waals surface area contributed by atoms with Gasteiger partial charge in [-0.15, -0.1) is 0 Å². The lowest BCUT2D eigenvalue weighted by molar-refractivity contribution is -0.118. The zero-order valence-electron chi connectivity index (χ0n) is 16.3. The number of aromatic hydroxyl groups is 1. The molecule has 0 fully saturated rings. The van der Waals surface area contributed by atoms with Crippen LogP contribution in [0.15, 0.2) is 18.2 Å². The molecule has 2 aromatic rings. The molecule has 0 bridgehead atoms. The van der Waals surface area contributed by atoms with Crippen molar-refractivity contribution in [2.24, 2.45) is 0 Å². The number of aryl methyl sites for hydroxylation is 1. The molecule has 0 aromatic heterocycles. The summed E-state index contributed by atoms with van der Waals surface area (Å²) in [5.74, 6) is -0.420. The van der Waals surface area contributed by atoms with Crippen LogP contribution < -0.4 is 9.47 Å². The Kier molecular flexibility index (Phi) is 5.23. The highest BCUT2D eigenvalue weighted by atomic mass is 16.5. The van der Waals surface area contributed by atoms with Gasteiger partial charge in [0.1, 0.15) is 23.0 Å². The lowest BCUT2D eigenvalue weighted by Gasteiger charge is -2.23. The molecule has 0 radical (unpaired) electrons. The van der Waals surface area contributed by atoms with Crippen molar-refractivity contribution in [3.05, 3.63) is 51.6 Å². The average Bonchev–Trinajstić information content (AvgIpc) is 2.69. The molecule has 3 rings (SSSR count). The van der Waals surface area contributed by atoms with Gasteiger partial charge in [-0.1, -0.05) is 6.92 Å². The fraction of sp³-hybridized carbons (Fsp3) is 0.318. The Morgan fingerprint density at radius 2 is 1.68 bits per heavy atom. The number of carbonyl (C=O) groups excluding carboxylic acids is 3. The maximum absolute atomic E-state index is 13.2. The number of benzene rings is 2. The summed E-state index contributed by atoms with van der Waals surface area (Å²) in [5.41, 5.74) is 1.58. The SMILES string of the molecule is CCC(=O)CCc1c(C)cc2c(c1O)C(=O)c1c(OC)cc(OC)cc1C2=O. The summed E-state index contributed by atoms with van der Waals surface area (Å²) in [6, 6.07) is 4.64. The zero-order valence-corrected chi connectivity index (χ0v) is 16.3. The summed E-state index contributed by atoms with van der Waals surface area (Å²) in [6.07, 6.45) is 0.989. The highest BCUT2D eigenvalue weighted by Gasteiger charge is 2.36. The number of phenols is 1. The molecule has 6 nitrogen and oxygen atoms in total. The second-order valence-corrected chi connectivity index (χ2v) is 6.75. The molecule has 0 atom stereocenters. The molecule has 0 spiro atoms. The Morgan fingerprint density at radius 1 is 1.00 bits per heavy atom. The van der Waals surface area contributed by atoms with Gasteiger partial charge < -0.3 is 14.6 Å². The average molecular weight is 382 g/mol. The zero-order chi connectivity index (χ0) is 20.6. The number of carbonyl (C=O) groups is 3. The highest BCUT2D eigenvalue weighted by molar-refractivity contribution is 6.30. The second-order valence-electron chi connectivity index (χ2n) is 6.75. The van der Waals surface area contributed by atoms with Crippen molar-refractivity contribution in [2.75, 3.05) is 14.2 Å². The van der Waals surface area contributed by atoms with Gasteiger partial charge in [-0.3, -0.25) is 14.4 Å². The second kappa shape index (κ2) is 7.46. The van der Waals surface area contributed by atoms with Gasteiger partial charge in [0, 0.05) is 30.0 Å². The lowest BCUT2D eigenvalue weighted by Crippen LogP contribution is -2.23. The molecule has 0 amide bonds. The molecule has 0 aliphatic heterocycles. The van der Waals surface area contributed by atoms with Gasteiger partial charge in [-0.05, 0) is 36.6 Å². The molecule has 0 saturated heterocycles. The van der Waals surface area contributed by atoms with E-state index >= 15 is 0 Å². The van der Waals surface area contributed by atoms with Crippen LogP contribution in [0.4, 0.5) is 0 Å². The van der Waals surface area contributed by atoms with E-state index in [0.29, 0.717) is 29.7 Å². The fourth-order valence-corrected chi connectivity index (χ4v) is 3.56. The van der Waals surface area contributed by atoms with Crippen molar-refractivity contribution in [3.63, 3.8) is 0 Å². The summed E-state index contributed by atoms with van der Waals surface area (Å²) >= 11 is 0. The molecule has 0 saturated carbocycles. The van der Waals surface area contributed by atoms with E-state index in [-0.39, 0.29) is 51.7 Å². The quantitative estimate of drug-likeness (QED) is 0.703. The Morgan fingerprint density at radius 3 is 2.29 bits per heavy atom. The van der Waals surface area contributed by atoms with Crippen LogP contribution in [0.25, 0.3) is 0 Å². The Labute approximate surface area is 163 Å². The highest BCUT2D eigenvalue weighted by Crippen LogP contribution is 2.41. The maximum Gasteiger partial charge on any atom is 0.201 e. The molecule has 1 aliphatic carbocycles. The van der Waals surface area contributed by atoms with E-state index in [2.05, 4.69) is 0 Å². The number of rotatable bonds is 6. The number of hydrogen-bond acceptors (Lipinski definition) is 6. The third-order valence-corrected chi connectivity index (χ3v) is 5.15. The van der Waals surface area contributed by atoms with Crippen LogP contribution in [0.2, 0.25) is 0 Å². The first kappa shape index (κ1) is 19.6. The van der Waals surface area contributed by atoms with Crippen molar-refractivity contribution < 1.29 is 29.0 Å². The summed E-state index contributed by atoms with van der Waals surface area (Å²) in [6.45, 7) is 3.53. The molecule has 2 aromatic carbocycles. The van der Waals surface area contributed by atoms with Crippen molar-refractivity contribution >= 4 is 17.3 Å². The van der Waals surface area contributed by atoms with Crippen LogP contribution in [-0.2, 0) is 11.2 Å². The summed E-state index contributed by atoms with van der Waals surface area (Å²) in [5, 5.41) is 10.8. The van der Waals surface area contributed by atoms with Crippen molar-refractivity contribution in [1.29, 1.82) is 0 Å². The van der Waals surface area contributed by atoms with Crippen molar-refractivity contribution in [1.82, 2.24) is 0 Å². The number of ketones is 3. The van der Waals surface area contributed by atoms with Crippen LogP contribution in [-0.4, -0.2) is 36.7 Å². The molecule has 146 valence electrons. The van der Waals surface area contributed by atoms with Gasteiger partial charge in [0.05, 0.1) is 25.3 Å². The van der Waals surface area contributed by atoms with Gasteiger partial charge in [0.15, 0.2) is 5.78 Å². The summed E-state index contributed by atoms with van der Waals surface area (Å²) < 4.78 is 10.5. The number of hydrogen-bond donors (Lipinski definition) is 1. The molecule has 0 unspecified atom stereocenters. The van der Waals surface area contributed by atoms with E-state index in [9.17, 15) is 19.5 Å². The van der Waals surface area contributed by atoms with Gasteiger partial charge in [-0.2, -0.15) is 0 Å². The number of ether oxygens (including phenoxy) is 2. The molecule has 6 heteroatoms. The first-order valence-corrected chi connectivity index (χ1v) is 9.06. The predicted octanol–water partition coefficient (Wildman–Crippen LogP) is 3.40. The first-order chi connectivity index (χ1) is 13.3. The monoisotopic (exact) mass is 382 g/mol. The van der Waals surface area contributed by atoms with E-state index < -0.39 is 5.78 Å². The van der Waals surface area contributed by atoms with Crippen LogP contribution in [0.3, 0.4) is 0 Å². The standard InChI is InChI=1S/C22H22O6/c1-5-12(23)6-7-14-11(2)8-15-19(21(14)25)22(26)18-16(20(15)24)9-13(27-3)10-17(18)28-4/h8-10,25H,5-7H2,1-4H3. The number of phenolic OH excluding ortho intramolecular Hbond substituents is 1. The van der Waals surface area contributed by atoms with Crippen LogP contribution in [0.1, 0.15) is 62.7 Å². The minimum atomic E-state index is -0.482. The molecular formula is C22H22O6. The number of fused-ring (bicyclic) bond motifs is 2. The Balaban J connectivity index is 2.19. The van der Waals surface area contributed by atoms with E-state index in [0.717, 1.165) is 0 Å². The van der Waals surface area contributed by atoms with E-state index in [1.54, 1.807) is 19.9 Å². The van der Waals surface area contributed by atoms with E-state index in [1.165, 1.54) is 26.4 Å². The molecule has 28 heavy (non-hydrogen) atoms. The maximum atomic E-state index is 13.2. The first-order valence-electron chi connectivity index (χ1n) is 9.06. The Bertz CT molecular complexity index is 1000. The third-order valence-electron chi connectivity index (χ3n) is 5.15. The normalized spacial score (nSPS) is 12.4. The molecule has 1 aliphatic rings. The van der Waals surface area contributed by atoms with Crippen molar-refractivity contribution in [2.45, 2.75) is 33.1 Å². The smallest absolute Gasteiger partial charge is 0.201 e. The third kappa shape index (κ3) is 3.05. The molecular weight excluding hydrogens is 360 g/mol. The van der Waals surface area contributed by atoms with Crippen LogP contribution in [0.5, 0.6) is 17.2 Å². The van der Waals surface area contributed by atoms with Crippen LogP contribution >= 0.6 is 0 Å². The summed E-state index contributed by atoms with van der Waals surface area (Å²) in [7, 11) is 2.86. The minimum Gasteiger partial charge on any atom is -0.507 e. The van der Waals surface area contributed by atoms with Gasteiger partial charge in [-0.25, -0.2) is 0 Å².